The van der Waals surface area contributed by atoms with Crippen LogP contribution in [0.25, 0.3) is 4.96 Å². The lowest BCUT2D eigenvalue weighted by Gasteiger charge is -2.09. The van der Waals surface area contributed by atoms with Crippen molar-refractivity contribution in [2.45, 2.75) is 20.4 Å². The lowest BCUT2D eigenvalue weighted by atomic mass is 10.2. The molecule has 0 atom stereocenters. The van der Waals surface area contributed by atoms with Gasteiger partial charge in [-0.2, -0.15) is 4.98 Å². The van der Waals surface area contributed by atoms with E-state index in [9.17, 15) is 0 Å². The van der Waals surface area contributed by atoms with Gasteiger partial charge in [0.05, 0.1) is 0 Å². The summed E-state index contributed by atoms with van der Waals surface area (Å²) in [6.45, 7) is 5.68. The van der Waals surface area contributed by atoms with Gasteiger partial charge in [-0.15, -0.1) is 11.3 Å². The normalized spacial score (nSPS) is 11.2. The van der Waals surface area contributed by atoms with Gasteiger partial charge in [0.1, 0.15) is 11.4 Å². The van der Waals surface area contributed by atoms with E-state index in [0.717, 1.165) is 28.5 Å². The molecule has 0 saturated carbocycles. The number of imidazole rings is 1. The molecular formula is C15H16ClN3OS. The van der Waals surface area contributed by atoms with E-state index in [1.54, 1.807) is 11.3 Å². The molecular weight excluding hydrogens is 306 g/mol. The van der Waals surface area contributed by atoms with E-state index in [-0.39, 0.29) is 0 Å². The first kappa shape index (κ1) is 14.4. The number of hydrogen-bond acceptors (Lipinski definition) is 4. The Kier molecular flexibility index (Phi) is 4.14. The molecule has 0 aliphatic heterocycles. The van der Waals surface area contributed by atoms with Crippen LogP contribution in [0.5, 0.6) is 11.6 Å². The van der Waals surface area contributed by atoms with Gasteiger partial charge in [-0.25, -0.2) is 0 Å². The van der Waals surface area contributed by atoms with E-state index in [2.05, 4.69) is 21.6 Å². The largest absolute Gasteiger partial charge is 0.437 e. The summed E-state index contributed by atoms with van der Waals surface area (Å²) in [6, 6.07) is 5.62. The average Bonchev–Trinajstić information content (AvgIpc) is 3.02. The highest BCUT2D eigenvalue weighted by Crippen LogP contribution is 2.31. The van der Waals surface area contributed by atoms with Gasteiger partial charge in [0.15, 0.2) is 4.96 Å². The molecule has 0 aliphatic rings. The van der Waals surface area contributed by atoms with E-state index < -0.39 is 0 Å². The molecule has 0 fully saturated rings. The van der Waals surface area contributed by atoms with Crippen molar-refractivity contribution in [2.24, 2.45) is 0 Å². The first-order valence-corrected chi connectivity index (χ1v) is 8.04. The van der Waals surface area contributed by atoms with Crippen LogP contribution in [0.3, 0.4) is 0 Å². The van der Waals surface area contributed by atoms with Crippen LogP contribution in [0.4, 0.5) is 0 Å². The summed E-state index contributed by atoms with van der Waals surface area (Å²) >= 11 is 7.64. The fourth-order valence-electron chi connectivity index (χ4n) is 2.09. The monoisotopic (exact) mass is 321 g/mol. The maximum Gasteiger partial charge on any atom is 0.243 e. The molecule has 1 N–H and O–H groups in total. The quantitative estimate of drug-likeness (QED) is 0.763. The first-order valence-electron chi connectivity index (χ1n) is 6.78. The molecule has 21 heavy (non-hydrogen) atoms. The zero-order valence-electron chi connectivity index (χ0n) is 11.9. The molecule has 6 heteroatoms. The third kappa shape index (κ3) is 2.90. The molecule has 0 amide bonds. The maximum absolute atomic E-state index is 6.05. The fraction of sp³-hybridized carbons (Fsp3) is 0.267. The molecule has 0 saturated heterocycles. The Morgan fingerprint density at radius 2 is 2.29 bits per heavy atom. The van der Waals surface area contributed by atoms with Gasteiger partial charge in [-0.1, -0.05) is 24.6 Å². The molecule has 0 aliphatic carbocycles. The molecule has 2 heterocycles. The Bertz CT molecular complexity index is 765. The van der Waals surface area contributed by atoms with E-state index in [1.807, 2.05) is 36.7 Å². The van der Waals surface area contributed by atoms with Crippen molar-refractivity contribution in [3.63, 3.8) is 0 Å². The third-order valence-electron chi connectivity index (χ3n) is 3.22. The SMILES string of the molecule is CCNCc1c(Oc2cc(Cl)ccc2C)nc2sccn12. The minimum atomic E-state index is 0.633. The smallest absolute Gasteiger partial charge is 0.243 e. The second-order valence-electron chi connectivity index (χ2n) is 4.71. The van der Waals surface area contributed by atoms with Crippen LogP contribution in [0, 0.1) is 6.92 Å². The van der Waals surface area contributed by atoms with E-state index in [0.29, 0.717) is 17.4 Å². The van der Waals surface area contributed by atoms with Gasteiger partial charge in [-0.05, 0) is 31.2 Å². The minimum absolute atomic E-state index is 0.633. The highest BCUT2D eigenvalue weighted by Gasteiger charge is 2.15. The molecule has 3 aromatic rings. The number of ether oxygens (including phenoxy) is 1. The van der Waals surface area contributed by atoms with Crippen molar-refractivity contribution in [1.29, 1.82) is 0 Å². The fourth-order valence-corrected chi connectivity index (χ4v) is 2.97. The molecule has 0 spiro atoms. The summed E-state index contributed by atoms with van der Waals surface area (Å²) in [5, 5.41) is 6.00. The first-order chi connectivity index (χ1) is 10.2. The lowest BCUT2D eigenvalue weighted by Crippen LogP contribution is -2.13. The number of halogens is 1. The standard InChI is InChI=1S/C15H16ClN3OS/c1-3-17-9-12-14(18-15-19(12)6-7-21-15)20-13-8-11(16)5-4-10(13)2/h4-8,17H,3,9H2,1-2H3. The number of benzene rings is 1. The van der Waals surface area contributed by atoms with E-state index in [4.69, 9.17) is 16.3 Å². The van der Waals surface area contributed by atoms with Crippen molar-refractivity contribution < 1.29 is 4.74 Å². The topological polar surface area (TPSA) is 38.6 Å². The summed E-state index contributed by atoms with van der Waals surface area (Å²) in [5.74, 6) is 1.37. The van der Waals surface area contributed by atoms with Crippen LogP contribution in [0.1, 0.15) is 18.2 Å². The molecule has 1 aromatic carbocycles. The summed E-state index contributed by atoms with van der Waals surface area (Å²) in [4.78, 5) is 5.50. The van der Waals surface area contributed by atoms with Crippen molar-refractivity contribution in [3.05, 3.63) is 46.1 Å². The molecule has 3 rings (SSSR count). The maximum atomic E-state index is 6.05. The average molecular weight is 322 g/mol. The zero-order chi connectivity index (χ0) is 14.8. The van der Waals surface area contributed by atoms with Crippen molar-refractivity contribution in [1.82, 2.24) is 14.7 Å². The van der Waals surface area contributed by atoms with E-state index >= 15 is 0 Å². The van der Waals surface area contributed by atoms with Crippen molar-refractivity contribution in [3.8, 4) is 11.6 Å². The molecule has 0 bridgehead atoms. The number of rotatable bonds is 5. The highest BCUT2D eigenvalue weighted by atomic mass is 35.5. The molecule has 0 radical (unpaired) electrons. The van der Waals surface area contributed by atoms with Crippen LogP contribution in [-0.4, -0.2) is 15.9 Å². The molecule has 4 nitrogen and oxygen atoms in total. The van der Waals surface area contributed by atoms with E-state index in [1.165, 1.54) is 0 Å². The number of aryl methyl sites for hydroxylation is 1. The summed E-state index contributed by atoms with van der Waals surface area (Å²) in [7, 11) is 0. The predicted molar refractivity (Wildman–Crippen MR) is 86.7 cm³/mol. The highest BCUT2D eigenvalue weighted by molar-refractivity contribution is 7.15. The molecule has 110 valence electrons. The Balaban J connectivity index is 1.99. The van der Waals surface area contributed by atoms with Crippen LogP contribution in [0.2, 0.25) is 5.02 Å². The summed E-state index contributed by atoms with van der Waals surface area (Å²) in [5.41, 5.74) is 2.05. The number of nitrogens with zero attached hydrogens (tertiary/aromatic N) is 2. The number of thiazole rings is 1. The Morgan fingerprint density at radius 1 is 1.43 bits per heavy atom. The van der Waals surface area contributed by atoms with Gasteiger partial charge >= 0.3 is 0 Å². The van der Waals surface area contributed by atoms with Gasteiger partial charge in [0, 0.05) is 23.1 Å². The molecule has 2 aromatic heterocycles. The number of aromatic nitrogens is 2. The lowest BCUT2D eigenvalue weighted by molar-refractivity contribution is 0.453. The third-order valence-corrected chi connectivity index (χ3v) is 4.22. The van der Waals surface area contributed by atoms with Crippen LogP contribution >= 0.6 is 22.9 Å². The van der Waals surface area contributed by atoms with Gasteiger partial charge in [0.2, 0.25) is 5.88 Å². The van der Waals surface area contributed by atoms with Crippen LogP contribution in [-0.2, 0) is 6.54 Å². The number of nitrogens with one attached hydrogen (secondary N) is 1. The second kappa shape index (κ2) is 6.05. The van der Waals surface area contributed by atoms with Crippen LogP contribution < -0.4 is 10.1 Å². The number of fused-ring (bicyclic) bond motifs is 1. The van der Waals surface area contributed by atoms with Crippen molar-refractivity contribution >= 4 is 27.9 Å². The number of hydrogen-bond donors (Lipinski definition) is 1. The minimum Gasteiger partial charge on any atom is -0.437 e. The van der Waals surface area contributed by atoms with Gasteiger partial charge in [-0.3, -0.25) is 4.40 Å². The van der Waals surface area contributed by atoms with Crippen molar-refractivity contribution in [2.75, 3.05) is 6.54 Å². The second-order valence-corrected chi connectivity index (χ2v) is 6.02. The Morgan fingerprint density at radius 3 is 3.10 bits per heavy atom. The van der Waals surface area contributed by atoms with Crippen LogP contribution in [0.15, 0.2) is 29.8 Å². The van der Waals surface area contributed by atoms with Gasteiger partial charge < -0.3 is 10.1 Å². The predicted octanol–water partition coefficient (Wildman–Crippen LogP) is 4.26. The Labute approximate surface area is 132 Å². The molecule has 0 unspecified atom stereocenters. The zero-order valence-corrected chi connectivity index (χ0v) is 13.5. The summed E-state index contributed by atoms with van der Waals surface area (Å²) in [6.07, 6.45) is 2.01. The summed E-state index contributed by atoms with van der Waals surface area (Å²) < 4.78 is 8.07. The Hall–Kier alpha value is -1.56. The van der Waals surface area contributed by atoms with Gasteiger partial charge in [0.25, 0.3) is 0 Å².